The largest absolute Gasteiger partial charge is 0.352 e. The normalized spacial score (nSPS) is 15.4. The molecule has 0 unspecified atom stereocenters. The second-order valence-electron chi connectivity index (χ2n) is 8.43. The van der Waals surface area contributed by atoms with Gasteiger partial charge in [0.25, 0.3) is 12.3 Å². The average Bonchev–Trinajstić information content (AvgIpc) is 3.18. The number of hydrogen-bond acceptors (Lipinski definition) is 5. The van der Waals surface area contributed by atoms with E-state index in [9.17, 15) is 22.4 Å². The number of hydrogen-bond donors (Lipinski definition) is 2. The van der Waals surface area contributed by atoms with Crippen LogP contribution in [0.5, 0.6) is 0 Å². The molecule has 5 rings (SSSR count). The van der Waals surface area contributed by atoms with Crippen molar-refractivity contribution in [2.45, 2.75) is 25.8 Å². The molecule has 180 valence electrons. The van der Waals surface area contributed by atoms with Crippen LogP contribution in [0.2, 0.25) is 0 Å². The van der Waals surface area contributed by atoms with Gasteiger partial charge in [0.15, 0.2) is 0 Å². The smallest absolute Gasteiger partial charge is 0.280 e. The van der Waals surface area contributed by atoms with E-state index >= 15 is 0 Å². The van der Waals surface area contributed by atoms with E-state index < -0.39 is 12.3 Å². The van der Waals surface area contributed by atoms with Gasteiger partial charge >= 0.3 is 0 Å². The molecule has 0 bridgehead atoms. The van der Waals surface area contributed by atoms with Crippen molar-refractivity contribution in [3.05, 3.63) is 60.0 Å². The van der Waals surface area contributed by atoms with Gasteiger partial charge in [-0.3, -0.25) is 14.7 Å². The Hall–Kier alpha value is -3.86. The minimum Gasteiger partial charge on any atom is -0.352 e. The summed E-state index contributed by atoms with van der Waals surface area (Å²) in [5.41, 5.74) is 3.33. The van der Waals surface area contributed by atoms with Gasteiger partial charge in [-0.25, -0.2) is 27.5 Å². The number of likely N-dealkylation sites (tertiary alicyclic amines) is 1. The quantitative estimate of drug-likeness (QED) is 0.375. The Morgan fingerprint density at radius 3 is 2.66 bits per heavy atom. The van der Waals surface area contributed by atoms with E-state index in [0.717, 1.165) is 5.56 Å². The molecule has 0 aliphatic carbocycles. The van der Waals surface area contributed by atoms with Crippen LogP contribution in [0, 0.1) is 0 Å². The number of rotatable bonds is 6. The van der Waals surface area contributed by atoms with E-state index in [-0.39, 0.29) is 36.9 Å². The third-order valence-electron chi connectivity index (χ3n) is 5.68. The van der Waals surface area contributed by atoms with Crippen molar-refractivity contribution < 1.29 is 22.4 Å². The number of H-pyrrole nitrogens is 1. The molecule has 1 fully saturated rings. The number of aromatic amines is 1. The number of fused-ring (bicyclic) bond motifs is 1. The predicted molar refractivity (Wildman–Crippen MR) is 122 cm³/mol. The van der Waals surface area contributed by atoms with Crippen molar-refractivity contribution in [2.75, 3.05) is 18.4 Å². The Morgan fingerprint density at radius 1 is 1.17 bits per heavy atom. The summed E-state index contributed by atoms with van der Waals surface area (Å²) in [7, 11) is 0. The van der Waals surface area contributed by atoms with Crippen molar-refractivity contribution in [1.29, 1.82) is 0 Å². The molecule has 7 nitrogen and oxygen atoms in total. The van der Waals surface area contributed by atoms with Crippen LogP contribution >= 0.6 is 0 Å². The van der Waals surface area contributed by atoms with Crippen LogP contribution in [0.1, 0.15) is 24.6 Å². The zero-order chi connectivity index (χ0) is 24.7. The fraction of sp³-hybridized carbons (Fsp3) is 0.250. The highest BCUT2D eigenvalue weighted by atomic mass is 19.3. The molecule has 0 atom stereocenters. The minimum absolute atomic E-state index is 0.270. The Balaban J connectivity index is 1.68. The van der Waals surface area contributed by atoms with Crippen LogP contribution in [0.25, 0.3) is 33.5 Å². The van der Waals surface area contributed by atoms with Crippen molar-refractivity contribution in [3.63, 3.8) is 0 Å². The Morgan fingerprint density at radius 2 is 1.94 bits per heavy atom. The maximum atomic E-state index is 13.4. The third kappa shape index (κ3) is 4.59. The predicted octanol–water partition coefficient (Wildman–Crippen LogP) is 5.03. The molecule has 1 saturated heterocycles. The summed E-state index contributed by atoms with van der Waals surface area (Å²) < 4.78 is 53.6. The van der Waals surface area contributed by atoms with Crippen LogP contribution in [0.3, 0.4) is 0 Å². The number of carbonyl (C=O) groups is 1. The number of carbonyl (C=O) groups excluding carboxylic acids is 1. The Kier molecular flexibility index (Phi) is 5.72. The standard InChI is InChI=1S/C24H20F4N6O/c1-13(35)31-18-9-14(5-7-29-18)20-19(16-3-2-4-17(32-16)23(25)26)22-21(33-20)15(6-8-30-22)10-34-11-24(27,28)12-34/h2-9,23,33H,10-12H2,1H3,(H,29,31,35). The summed E-state index contributed by atoms with van der Waals surface area (Å²) in [5.74, 6) is -2.69. The van der Waals surface area contributed by atoms with Crippen molar-refractivity contribution >= 4 is 22.8 Å². The number of nitrogens with one attached hydrogen (secondary N) is 2. The second-order valence-corrected chi connectivity index (χ2v) is 8.43. The number of anilines is 1. The molecule has 11 heteroatoms. The van der Waals surface area contributed by atoms with Gasteiger partial charge in [-0.05, 0) is 35.9 Å². The van der Waals surface area contributed by atoms with Gasteiger partial charge in [0.2, 0.25) is 5.91 Å². The summed E-state index contributed by atoms with van der Waals surface area (Å²) in [6, 6.07) is 9.43. The highest BCUT2D eigenvalue weighted by Gasteiger charge is 2.43. The zero-order valence-electron chi connectivity index (χ0n) is 18.5. The topological polar surface area (TPSA) is 86.8 Å². The molecular formula is C24H20F4N6O. The molecule has 2 N–H and O–H groups in total. The lowest BCUT2D eigenvalue weighted by Gasteiger charge is -2.38. The average molecular weight is 484 g/mol. The number of amides is 1. The van der Waals surface area contributed by atoms with Gasteiger partial charge in [-0.1, -0.05) is 6.07 Å². The molecule has 0 radical (unpaired) electrons. The minimum atomic E-state index is -2.76. The molecule has 4 aromatic heterocycles. The summed E-state index contributed by atoms with van der Waals surface area (Å²) in [5, 5.41) is 2.62. The van der Waals surface area contributed by atoms with Gasteiger partial charge < -0.3 is 10.3 Å². The van der Waals surface area contributed by atoms with E-state index in [1.807, 2.05) is 0 Å². The van der Waals surface area contributed by atoms with E-state index in [2.05, 4.69) is 25.3 Å². The van der Waals surface area contributed by atoms with Gasteiger partial charge in [0, 0.05) is 31.4 Å². The number of aromatic nitrogens is 4. The molecule has 1 amide bonds. The van der Waals surface area contributed by atoms with Crippen LogP contribution in [-0.2, 0) is 11.3 Å². The van der Waals surface area contributed by atoms with Gasteiger partial charge in [0.1, 0.15) is 11.5 Å². The van der Waals surface area contributed by atoms with Crippen LogP contribution in [-0.4, -0.2) is 49.8 Å². The number of alkyl halides is 4. The highest BCUT2D eigenvalue weighted by molar-refractivity contribution is 6.02. The first-order chi connectivity index (χ1) is 16.7. The van der Waals surface area contributed by atoms with Gasteiger partial charge in [0.05, 0.1) is 41.1 Å². The SMILES string of the molecule is CC(=O)Nc1cc(-c2[nH]c3c(CN4CC(F)(F)C4)ccnc3c2-c2cccc(C(F)F)n2)ccn1. The Bertz CT molecular complexity index is 1410. The number of nitrogens with zero attached hydrogens (tertiary/aromatic N) is 4. The summed E-state index contributed by atoms with van der Waals surface area (Å²) in [6.07, 6.45) is 0.311. The molecule has 0 saturated carbocycles. The summed E-state index contributed by atoms with van der Waals surface area (Å²) >= 11 is 0. The first-order valence-electron chi connectivity index (χ1n) is 10.8. The molecule has 0 aromatic carbocycles. The maximum Gasteiger partial charge on any atom is 0.280 e. The molecular weight excluding hydrogens is 464 g/mol. The van der Waals surface area contributed by atoms with Crippen LogP contribution in [0.15, 0.2) is 48.8 Å². The molecule has 0 spiro atoms. The lowest BCUT2D eigenvalue weighted by Crippen LogP contribution is -2.55. The van der Waals surface area contributed by atoms with Crippen molar-refractivity contribution in [2.24, 2.45) is 0 Å². The monoisotopic (exact) mass is 484 g/mol. The van der Waals surface area contributed by atoms with E-state index in [1.54, 1.807) is 35.4 Å². The lowest BCUT2D eigenvalue weighted by molar-refractivity contribution is -0.133. The molecule has 5 heterocycles. The lowest BCUT2D eigenvalue weighted by atomic mass is 10.0. The fourth-order valence-corrected chi connectivity index (χ4v) is 4.24. The molecule has 1 aliphatic rings. The van der Waals surface area contributed by atoms with E-state index in [0.29, 0.717) is 33.7 Å². The maximum absolute atomic E-state index is 13.4. The molecule has 35 heavy (non-hydrogen) atoms. The van der Waals surface area contributed by atoms with Gasteiger partial charge in [-0.2, -0.15) is 0 Å². The first-order valence-corrected chi connectivity index (χ1v) is 10.8. The van der Waals surface area contributed by atoms with E-state index in [1.165, 1.54) is 25.3 Å². The van der Waals surface area contributed by atoms with Crippen molar-refractivity contribution in [3.8, 4) is 22.5 Å². The number of pyridine rings is 3. The first kappa shape index (κ1) is 22.9. The molecule has 1 aliphatic heterocycles. The van der Waals surface area contributed by atoms with Gasteiger partial charge in [-0.15, -0.1) is 0 Å². The summed E-state index contributed by atoms with van der Waals surface area (Å²) in [4.78, 5) is 29.2. The molecule has 4 aromatic rings. The Labute approximate surface area is 197 Å². The van der Waals surface area contributed by atoms with Crippen LogP contribution in [0.4, 0.5) is 23.4 Å². The third-order valence-corrected chi connectivity index (χ3v) is 5.68. The zero-order valence-corrected chi connectivity index (χ0v) is 18.5. The highest BCUT2D eigenvalue weighted by Crippen LogP contribution is 2.39. The number of halogens is 4. The van der Waals surface area contributed by atoms with E-state index in [4.69, 9.17) is 0 Å². The van der Waals surface area contributed by atoms with Crippen LogP contribution < -0.4 is 5.32 Å². The fourth-order valence-electron chi connectivity index (χ4n) is 4.24. The summed E-state index contributed by atoms with van der Waals surface area (Å²) in [6.45, 7) is 0.962. The second kappa shape index (κ2) is 8.73. The van der Waals surface area contributed by atoms with Crippen molar-refractivity contribution in [1.82, 2.24) is 24.8 Å².